The van der Waals surface area contributed by atoms with Crippen molar-refractivity contribution in [3.05, 3.63) is 59.4 Å². The van der Waals surface area contributed by atoms with Crippen LogP contribution in [-0.4, -0.2) is 11.1 Å². The van der Waals surface area contributed by atoms with E-state index in [1.807, 2.05) is 13.8 Å². The SMILES string of the molecule is CC(C)Oc1cncc(C(NN)c2cc(F)cc(F)c2)c1. The maximum absolute atomic E-state index is 13.3. The van der Waals surface area contributed by atoms with Crippen LogP contribution < -0.4 is 16.0 Å². The lowest BCUT2D eigenvalue weighted by atomic mass is 10.0. The summed E-state index contributed by atoms with van der Waals surface area (Å²) in [5.41, 5.74) is 3.57. The van der Waals surface area contributed by atoms with E-state index in [1.54, 1.807) is 18.5 Å². The number of pyridine rings is 1. The second-order valence-corrected chi connectivity index (χ2v) is 4.92. The molecular weight excluding hydrogens is 276 g/mol. The minimum absolute atomic E-state index is 0.00190. The number of ether oxygens (including phenoxy) is 1. The van der Waals surface area contributed by atoms with Crippen LogP contribution in [0.5, 0.6) is 5.75 Å². The summed E-state index contributed by atoms with van der Waals surface area (Å²) in [4.78, 5) is 4.07. The van der Waals surface area contributed by atoms with Gasteiger partial charge in [0.15, 0.2) is 0 Å². The second-order valence-electron chi connectivity index (χ2n) is 4.92. The van der Waals surface area contributed by atoms with Gasteiger partial charge in [0, 0.05) is 12.3 Å². The molecule has 0 bridgehead atoms. The quantitative estimate of drug-likeness (QED) is 0.657. The Hall–Kier alpha value is -2.05. The number of halogens is 2. The number of nitrogens with zero attached hydrogens (tertiary/aromatic N) is 1. The first-order chi connectivity index (χ1) is 9.99. The van der Waals surface area contributed by atoms with Gasteiger partial charge in [-0.05, 0) is 43.2 Å². The molecule has 1 atom stereocenters. The molecule has 0 aliphatic rings. The van der Waals surface area contributed by atoms with Crippen molar-refractivity contribution in [3.63, 3.8) is 0 Å². The Labute approximate surface area is 121 Å². The van der Waals surface area contributed by atoms with Crippen LogP contribution in [0.3, 0.4) is 0 Å². The summed E-state index contributed by atoms with van der Waals surface area (Å²) < 4.78 is 32.2. The van der Waals surface area contributed by atoms with Crippen molar-refractivity contribution in [1.82, 2.24) is 10.4 Å². The molecule has 1 aromatic heterocycles. The summed E-state index contributed by atoms with van der Waals surface area (Å²) in [5, 5.41) is 0. The van der Waals surface area contributed by atoms with Crippen molar-refractivity contribution in [3.8, 4) is 5.75 Å². The molecule has 4 nitrogen and oxygen atoms in total. The molecule has 0 saturated carbocycles. The predicted octanol–water partition coefficient (Wildman–Crippen LogP) is 2.70. The highest BCUT2D eigenvalue weighted by Gasteiger charge is 2.16. The molecule has 2 rings (SSSR count). The maximum atomic E-state index is 13.3. The molecule has 21 heavy (non-hydrogen) atoms. The topological polar surface area (TPSA) is 60.2 Å². The lowest BCUT2D eigenvalue weighted by molar-refractivity contribution is 0.241. The Bertz CT molecular complexity index is 599. The Morgan fingerprint density at radius 2 is 1.71 bits per heavy atom. The van der Waals surface area contributed by atoms with E-state index < -0.39 is 17.7 Å². The maximum Gasteiger partial charge on any atom is 0.138 e. The van der Waals surface area contributed by atoms with Crippen LogP contribution in [0.25, 0.3) is 0 Å². The highest BCUT2D eigenvalue weighted by molar-refractivity contribution is 5.34. The Balaban J connectivity index is 2.36. The molecule has 0 fully saturated rings. The van der Waals surface area contributed by atoms with Crippen molar-refractivity contribution in [2.75, 3.05) is 0 Å². The van der Waals surface area contributed by atoms with Gasteiger partial charge in [0.25, 0.3) is 0 Å². The Morgan fingerprint density at radius 1 is 1.05 bits per heavy atom. The summed E-state index contributed by atoms with van der Waals surface area (Å²) in [7, 11) is 0. The largest absolute Gasteiger partial charge is 0.489 e. The summed E-state index contributed by atoms with van der Waals surface area (Å²) in [6.07, 6.45) is 3.14. The lowest BCUT2D eigenvalue weighted by Crippen LogP contribution is -2.29. The first-order valence-corrected chi connectivity index (χ1v) is 6.53. The number of hydrogen-bond donors (Lipinski definition) is 2. The number of nitrogens with one attached hydrogen (secondary N) is 1. The van der Waals surface area contributed by atoms with Crippen LogP contribution in [0.15, 0.2) is 36.7 Å². The fraction of sp³-hybridized carbons (Fsp3) is 0.267. The van der Waals surface area contributed by atoms with E-state index in [-0.39, 0.29) is 6.10 Å². The first kappa shape index (κ1) is 15.3. The van der Waals surface area contributed by atoms with Crippen LogP contribution >= 0.6 is 0 Å². The third-order valence-corrected chi connectivity index (χ3v) is 2.82. The van der Waals surface area contributed by atoms with E-state index in [2.05, 4.69) is 10.4 Å². The van der Waals surface area contributed by atoms with Gasteiger partial charge in [-0.1, -0.05) is 0 Å². The summed E-state index contributed by atoms with van der Waals surface area (Å²) >= 11 is 0. The molecule has 6 heteroatoms. The van der Waals surface area contributed by atoms with Gasteiger partial charge in [-0.3, -0.25) is 10.8 Å². The number of rotatable bonds is 5. The lowest BCUT2D eigenvalue weighted by Gasteiger charge is -2.18. The van der Waals surface area contributed by atoms with Crippen molar-refractivity contribution in [1.29, 1.82) is 0 Å². The molecule has 112 valence electrons. The standard InChI is InChI=1S/C15H17F2N3O/c1-9(2)21-14-5-11(7-19-8-14)15(20-18)10-3-12(16)6-13(17)4-10/h3-9,15,20H,18H2,1-2H3. The van der Waals surface area contributed by atoms with Crippen LogP contribution in [0, 0.1) is 11.6 Å². The number of hydrogen-bond acceptors (Lipinski definition) is 4. The first-order valence-electron chi connectivity index (χ1n) is 6.53. The fourth-order valence-corrected chi connectivity index (χ4v) is 2.06. The van der Waals surface area contributed by atoms with Crippen molar-refractivity contribution < 1.29 is 13.5 Å². The van der Waals surface area contributed by atoms with Crippen LogP contribution in [0.1, 0.15) is 31.0 Å². The van der Waals surface area contributed by atoms with Gasteiger partial charge in [-0.15, -0.1) is 0 Å². The van der Waals surface area contributed by atoms with Crippen LogP contribution in [0.2, 0.25) is 0 Å². The van der Waals surface area contributed by atoms with Crippen molar-refractivity contribution >= 4 is 0 Å². The van der Waals surface area contributed by atoms with Crippen LogP contribution in [0.4, 0.5) is 8.78 Å². The number of nitrogens with two attached hydrogens (primary N) is 1. The predicted molar refractivity (Wildman–Crippen MR) is 75.5 cm³/mol. The highest BCUT2D eigenvalue weighted by atomic mass is 19.1. The molecule has 0 radical (unpaired) electrons. The van der Waals surface area contributed by atoms with E-state index in [0.29, 0.717) is 16.9 Å². The Morgan fingerprint density at radius 3 is 2.29 bits per heavy atom. The van der Waals surface area contributed by atoms with Gasteiger partial charge in [-0.25, -0.2) is 14.2 Å². The van der Waals surface area contributed by atoms with Gasteiger partial charge < -0.3 is 4.74 Å². The zero-order chi connectivity index (χ0) is 15.4. The minimum atomic E-state index is -0.659. The molecule has 0 aliphatic heterocycles. The highest BCUT2D eigenvalue weighted by Crippen LogP contribution is 2.25. The van der Waals surface area contributed by atoms with Crippen molar-refractivity contribution in [2.45, 2.75) is 26.0 Å². The molecule has 3 N–H and O–H groups in total. The zero-order valence-corrected chi connectivity index (χ0v) is 11.8. The summed E-state index contributed by atoms with van der Waals surface area (Å²) in [5.74, 6) is 4.78. The van der Waals surface area contributed by atoms with E-state index in [4.69, 9.17) is 10.6 Å². The average molecular weight is 293 g/mol. The van der Waals surface area contributed by atoms with Gasteiger partial charge in [-0.2, -0.15) is 0 Å². The van der Waals surface area contributed by atoms with E-state index in [1.165, 1.54) is 12.1 Å². The zero-order valence-electron chi connectivity index (χ0n) is 11.8. The van der Waals surface area contributed by atoms with E-state index in [9.17, 15) is 8.78 Å². The molecule has 1 heterocycles. The molecule has 0 spiro atoms. The smallest absolute Gasteiger partial charge is 0.138 e. The second kappa shape index (κ2) is 6.60. The Kier molecular flexibility index (Phi) is 4.82. The molecule has 0 saturated heterocycles. The molecule has 1 unspecified atom stereocenters. The van der Waals surface area contributed by atoms with E-state index in [0.717, 1.165) is 6.07 Å². The molecule has 0 aliphatic carbocycles. The van der Waals surface area contributed by atoms with Crippen LogP contribution in [-0.2, 0) is 0 Å². The van der Waals surface area contributed by atoms with Gasteiger partial charge in [0.2, 0.25) is 0 Å². The minimum Gasteiger partial charge on any atom is -0.489 e. The summed E-state index contributed by atoms with van der Waals surface area (Å²) in [6.45, 7) is 3.79. The molecule has 2 aromatic rings. The third-order valence-electron chi connectivity index (χ3n) is 2.82. The van der Waals surface area contributed by atoms with Crippen molar-refractivity contribution in [2.24, 2.45) is 5.84 Å². The van der Waals surface area contributed by atoms with E-state index >= 15 is 0 Å². The van der Waals surface area contributed by atoms with Gasteiger partial charge in [0.1, 0.15) is 17.4 Å². The monoisotopic (exact) mass is 293 g/mol. The number of benzene rings is 1. The summed E-state index contributed by atoms with van der Waals surface area (Å²) in [6, 6.07) is 4.42. The fourth-order valence-electron chi connectivity index (χ4n) is 2.06. The molecule has 0 amide bonds. The number of hydrazine groups is 1. The average Bonchev–Trinajstić information content (AvgIpc) is 2.38. The van der Waals surface area contributed by atoms with Gasteiger partial charge >= 0.3 is 0 Å². The molecular formula is C15H17F2N3O. The number of aromatic nitrogens is 1. The molecule has 1 aromatic carbocycles. The third kappa shape index (κ3) is 3.96. The normalized spacial score (nSPS) is 12.5. The van der Waals surface area contributed by atoms with Gasteiger partial charge in [0.05, 0.1) is 18.3 Å².